The first kappa shape index (κ1) is 15.4. The Morgan fingerprint density at radius 3 is 2.16 bits per heavy atom. The lowest BCUT2D eigenvalue weighted by Gasteiger charge is -2.34. The van der Waals surface area contributed by atoms with E-state index in [4.69, 9.17) is 18.9 Å². The molecule has 1 aliphatic rings. The lowest BCUT2D eigenvalue weighted by molar-refractivity contribution is -0.234. The van der Waals surface area contributed by atoms with Crippen LogP contribution in [0.2, 0.25) is 0 Å². The van der Waals surface area contributed by atoms with E-state index < -0.39 is 36.4 Å². The van der Waals surface area contributed by atoms with E-state index >= 15 is 0 Å². The summed E-state index contributed by atoms with van der Waals surface area (Å²) in [5.74, 6) is -1.35. The van der Waals surface area contributed by atoms with Crippen LogP contribution in [0.5, 0.6) is 0 Å². The van der Waals surface area contributed by atoms with Crippen molar-refractivity contribution in [1.29, 1.82) is 0 Å². The molecule has 0 spiro atoms. The van der Waals surface area contributed by atoms with Crippen LogP contribution in [0, 0.1) is 0 Å². The molecule has 3 atom stereocenters. The fourth-order valence-corrected chi connectivity index (χ4v) is 1.80. The summed E-state index contributed by atoms with van der Waals surface area (Å²) in [5, 5.41) is 0. The molecule has 0 amide bonds. The van der Waals surface area contributed by atoms with Crippen LogP contribution in [0.1, 0.15) is 33.6 Å². The lowest BCUT2D eigenvalue weighted by Crippen LogP contribution is -2.45. The van der Waals surface area contributed by atoms with Crippen LogP contribution in [0.15, 0.2) is 0 Å². The molecule has 0 saturated carbocycles. The van der Waals surface area contributed by atoms with Gasteiger partial charge in [0.25, 0.3) is 0 Å². The average molecular weight is 274 g/mol. The first-order valence-electron chi connectivity index (χ1n) is 6.01. The smallest absolute Gasteiger partial charge is 0.304 e. The minimum atomic E-state index is -0.704. The summed E-state index contributed by atoms with van der Waals surface area (Å²) in [6.45, 7) is 3.79. The highest BCUT2D eigenvalue weighted by atomic mass is 16.7. The molecule has 19 heavy (non-hydrogen) atoms. The van der Waals surface area contributed by atoms with Gasteiger partial charge in [0.1, 0.15) is 18.8 Å². The number of hydrogen-bond acceptors (Lipinski definition) is 7. The van der Waals surface area contributed by atoms with Crippen molar-refractivity contribution in [1.82, 2.24) is 0 Å². The lowest BCUT2D eigenvalue weighted by atomic mass is 10.1. The Balaban J connectivity index is 2.59. The summed E-state index contributed by atoms with van der Waals surface area (Å²) in [5.41, 5.74) is 0. The van der Waals surface area contributed by atoms with Gasteiger partial charge in [0.05, 0.1) is 0 Å². The molecule has 7 heteroatoms. The number of hydrogen-bond donors (Lipinski definition) is 0. The number of carbonyl (C=O) groups is 3. The monoisotopic (exact) mass is 274 g/mol. The van der Waals surface area contributed by atoms with Crippen LogP contribution >= 0.6 is 0 Å². The van der Waals surface area contributed by atoms with Gasteiger partial charge in [0.15, 0.2) is 0 Å². The Kier molecular flexibility index (Phi) is 5.75. The van der Waals surface area contributed by atoms with Crippen LogP contribution < -0.4 is 0 Å². The maximum Gasteiger partial charge on any atom is 0.304 e. The highest BCUT2D eigenvalue weighted by molar-refractivity contribution is 5.67. The van der Waals surface area contributed by atoms with Crippen molar-refractivity contribution in [3.8, 4) is 0 Å². The zero-order valence-corrected chi connectivity index (χ0v) is 11.2. The fraction of sp³-hybridized carbons (Fsp3) is 0.750. The molecule has 1 fully saturated rings. The predicted molar refractivity (Wildman–Crippen MR) is 61.8 cm³/mol. The quantitative estimate of drug-likeness (QED) is 0.546. The highest BCUT2D eigenvalue weighted by Crippen LogP contribution is 2.23. The fourth-order valence-electron chi connectivity index (χ4n) is 1.80. The molecule has 0 aromatic heterocycles. The van der Waals surface area contributed by atoms with Gasteiger partial charge in [-0.1, -0.05) is 0 Å². The van der Waals surface area contributed by atoms with Crippen LogP contribution in [-0.2, 0) is 33.3 Å². The van der Waals surface area contributed by atoms with Crippen molar-refractivity contribution in [2.75, 3.05) is 6.61 Å². The van der Waals surface area contributed by atoms with Crippen molar-refractivity contribution in [2.45, 2.75) is 52.1 Å². The number of esters is 3. The summed E-state index contributed by atoms with van der Waals surface area (Å²) in [6.07, 6.45) is -0.947. The van der Waals surface area contributed by atoms with E-state index in [0.29, 0.717) is 12.8 Å². The molecule has 0 N–H and O–H groups in total. The van der Waals surface area contributed by atoms with Crippen molar-refractivity contribution >= 4 is 17.9 Å². The SMILES string of the molecule is CC(=O)OC[C@H]1O[C@H](OC(C)=O)CC[C@@H]1OC(C)=O. The second-order valence-corrected chi connectivity index (χ2v) is 4.24. The van der Waals surface area contributed by atoms with E-state index in [2.05, 4.69) is 0 Å². The van der Waals surface area contributed by atoms with Crippen LogP contribution in [0.25, 0.3) is 0 Å². The number of ether oxygens (including phenoxy) is 4. The molecule has 1 aliphatic heterocycles. The summed E-state index contributed by atoms with van der Waals surface area (Å²) in [6, 6.07) is 0. The first-order chi connectivity index (χ1) is 8.88. The molecule has 0 unspecified atom stereocenters. The molecule has 0 aromatic rings. The van der Waals surface area contributed by atoms with Gasteiger partial charge < -0.3 is 18.9 Å². The Morgan fingerprint density at radius 2 is 1.63 bits per heavy atom. The average Bonchev–Trinajstić information content (AvgIpc) is 2.27. The molecular formula is C12H18O7. The van der Waals surface area contributed by atoms with E-state index in [-0.39, 0.29) is 6.61 Å². The standard InChI is InChI=1S/C12H18O7/c1-7(13)16-6-11-10(17-8(2)14)4-5-12(19-11)18-9(3)15/h10-12H,4-6H2,1-3H3/t10-,11+,12-/m0/s1. The van der Waals surface area contributed by atoms with Gasteiger partial charge in [-0.15, -0.1) is 0 Å². The molecular weight excluding hydrogens is 256 g/mol. The van der Waals surface area contributed by atoms with Crippen molar-refractivity contribution in [3.63, 3.8) is 0 Å². The summed E-state index contributed by atoms with van der Waals surface area (Å²) >= 11 is 0. The molecule has 1 saturated heterocycles. The van der Waals surface area contributed by atoms with Gasteiger partial charge in [0, 0.05) is 27.2 Å². The van der Waals surface area contributed by atoms with Crippen LogP contribution in [-0.4, -0.2) is 43.0 Å². The third-order valence-electron chi connectivity index (χ3n) is 2.49. The van der Waals surface area contributed by atoms with Gasteiger partial charge in [0.2, 0.25) is 6.29 Å². The number of carbonyl (C=O) groups excluding carboxylic acids is 3. The second-order valence-electron chi connectivity index (χ2n) is 4.24. The zero-order valence-electron chi connectivity index (χ0n) is 11.2. The van der Waals surface area contributed by atoms with Crippen LogP contribution in [0.4, 0.5) is 0 Å². The Bertz CT molecular complexity index is 352. The number of rotatable bonds is 4. The van der Waals surface area contributed by atoms with E-state index in [1.807, 2.05) is 0 Å². The van der Waals surface area contributed by atoms with Gasteiger partial charge in [-0.05, 0) is 6.42 Å². The molecule has 0 aromatic carbocycles. The van der Waals surface area contributed by atoms with Crippen molar-refractivity contribution < 1.29 is 33.3 Å². The minimum absolute atomic E-state index is 0.0506. The van der Waals surface area contributed by atoms with E-state index in [0.717, 1.165) is 0 Å². The van der Waals surface area contributed by atoms with Crippen molar-refractivity contribution in [3.05, 3.63) is 0 Å². The van der Waals surface area contributed by atoms with E-state index in [9.17, 15) is 14.4 Å². The molecule has 7 nitrogen and oxygen atoms in total. The normalized spacial score (nSPS) is 26.4. The molecule has 0 aliphatic carbocycles. The maximum absolute atomic E-state index is 11.0. The largest absolute Gasteiger partial charge is 0.463 e. The Morgan fingerprint density at radius 1 is 1.00 bits per heavy atom. The van der Waals surface area contributed by atoms with Crippen LogP contribution in [0.3, 0.4) is 0 Å². The second kappa shape index (κ2) is 7.08. The molecule has 1 heterocycles. The van der Waals surface area contributed by atoms with E-state index in [1.54, 1.807) is 0 Å². The third-order valence-corrected chi connectivity index (χ3v) is 2.49. The Labute approximate surface area is 111 Å². The van der Waals surface area contributed by atoms with Gasteiger partial charge in [-0.2, -0.15) is 0 Å². The minimum Gasteiger partial charge on any atom is -0.463 e. The molecule has 0 bridgehead atoms. The Hall–Kier alpha value is -1.63. The first-order valence-corrected chi connectivity index (χ1v) is 6.01. The topological polar surface area (TPSA) is 88.1 Å². The zero-order chi connectivity index (χ0) is 14.4. The van der Waals surface area contributed by atoms with E-state index in [1.165, 1.54) is 20.8 Å². The summed E-state index contributed by atoms with van der Waals surface area (Å²) in [4.78, 5) is 32.7. The summed E-state index contributed by atoms with van der Waals surface area (Å²) in [7, 11) is 0. The highest BCUT2D eigenvalue weighted by Gasteiger charge is 2.35. The van der Waals surface area contributed by atoms with Gasteiger partial charge in [-0.25, -0.2) is 0 Å². The van der Waals surface area contributed by atoms with Crippen molar-refractivity contribution in [2.24, 2.45) is 0 Å². The molecule has 0 radical (unpaired) electrons. The summed E-state index contributed by atoms with van der Waals surface area (Å²) < 4.78 is 20.3. The maximum atomic E-state index is 11.0. The van der Waals surface area contributed by atoms with Gasteiger partial charge in [-0.3, -0.25) is 14.4 Å². The molecule has 108 valence electrons. The van der Waals surface area contributed by atoms with Gasteiger partial charge >= 0.3 is 17.9 Å². The molecule has 1 rings (SSSR count). The third kappa shape index (κ3) is 5.69. The predicted octanol–water partition coefficient (Wildman–Crippen LogP) is 0.549.